The van der Waals surface area contributed by atoms with Crippen molar-refractivity contribution in [1.82, 2.24) is 26.2 Å². The SMILES string of the molecule is CNCNC(=O)C1NCC2CC(C3CCNC3C3CCC(F)C(C)C3)CN21. The Morgan fingerprint density at radius 2 is 2.04 bits per heavy atom. The molecular formula is C20H36FN5O. The monoisotopic (exact) mass is 381 g/mol. The third kappa shape index (κ3) is 3.88. The van der Waals surface area contributed by atoms with Gasteiger partial charge in [-0.3, -0.25) is 15.0 Å². The molecule has 8 unspecified atom stereocenters. The molecule has 0 aromatic heterocycles. The summed E-state index contributed by atoms with van der Waals surface area (Å²) in [7, 11) is 1.83. The van der Waals surface area contributed by atoms with Crippen LogP contribution in [0.1, 0.15) is 39.0 Å². The Morgan fingerprint density at radius 3 is 2.81 bits per heavy atom. The maximum Gasteiger partial charge on any atom is 0.253 e. The third-order valence-corrected chi connectivity index (χ3v) is 7.59. The van der Waals surface area contributed by atoms with Crippen molar-refractivity contribution in [3.05, 3.63) is 0 Å². The largest absolute Gasteiger partial charge is 0.341 e. The van der Waals surface area contributed by atoms with Crippen LogP contribution in [0.25, 0.3) is 0 Å². The molecule has 4 fully saturated rings. The van der Waals surface area contributed by atoms with Gasteiger partial charge in [0.2, 0.25) is 0 Å². The Kier molecular flexibility index (Phi) is 6.02. The van der Waals surface area contributed by atoms with Gasteiger partial charge < -0.3 is 16.0 Å². The van der Waals surface area contributed by atoms with Gasteiger partial charge in [0.05, 0.1) is 6.67 Å². The van der Waals surface area contributed by atoms with Crippen molar-refractivity contribution in [3.63, 3.8) is 0 Å². The van der Waals surface area contributed by atoms with Crippen LogP contribution in [0.5, 0.6) is 0 Å². The second-order valence-electron chi connectivity index (χ2n) is 9.23. The Morgan fingerprint density at radius 1 is 1.19 bits per heavy atom. The summed E-state index contributed by atoms with van der Waals surface area (Å²) < 4.78 is 13.9. The van der Waals surface area contributed by atoms with Crippen molar-refractivity contribution < 1.29 is 9.18 Å². The number of carbonyl (C=O) groups excluding carboxylic acids is 1. The van der Waals surface area contributed by atoms with Crippen LogP contribution < -0.4 is 21.3 Å². The van der Waals surface area contributed by atoms with Crippen molar-refractivity contribution in [2.24, 2.45) is 23.7 Å². The lowest BCUT2D eigenvalue weighted by Crippen LogP contribution is -2.51. The molecule has 3 heterocycles. The van der Waals surface area contributed by atoms with Gasteiger partial charge in [0, 0.05) is 25.2 Å². The molecular weight excluding hydrogens is 345 g/mol. The van der Waals surface area contributed by atoms with Crippen LogP contribution in [-0.2, 0) is 4.79 Å². The number of carbonyl (C=O) groups is 1. The van der Waals surface area contributed by atoms with E-state index in [0.717, 1.165) is 38.9 Å². The first-order valence-electron chi connectivity index (χ1n) is 10.9. The zero-order valence-corrected chi connectivity index (χ0v) is 16.7. The lowest BCUT2D eigenvalue weighted by Gasteiger charge is -2.38. The number of amides is 1. The van der Waals surface area contributed by atoms with Gasteiger partial charge >= 0.3 is 0 Å². The minimum atomic E-state index is -0.610. The van der Waals surface area contributed by atoms with E-state index in [0.29, 0.717) is 36.5 Å². The minimum absolute atomic E-state index is 0.0729. The maximum atomic E-state index is 13.9. The first-order chi connectivity index (χ1) is 13.1. The number of nitrogens with one attached hydrogen (secondary N) is 4. The van der Waals surface area contributed by atoms with E-state index in [2.05, 4.69) is 33.1 Å². The molecule has 0 radical (unpaired) electrons. The quantitative estimate of drug-likeness (QED) is 0.527. The van der Waals surface area contributed by atoms with Crippen molar-refractivity contribution >= 4 is 5.91 Å². The van der Waals surface area contributed by atoms with E-state index in [9.17, 15) is 9.18 Å². The highest BCUT2D eigenvalue weighted by Gasteiger charge is 2.49. The molecule has 3 aliphatic heterocycles. The molecule has 4 rings (SSSR count). The molecule has 4 N–H and O–H groups in total. The summed E-state index contributed by atoms with van der Waals surface area (Å²) in [5.74, 6) is 2.20. The standard InChI is InChI=1S/C20H36FN5O/c1-12-7-13(3-4-17(12)21)18-16(5-6-23-18)14-8-15-9-24-19(26(15)10-14)20(27)25-11-22-2/h12-19,22-24H,3-11H2,1-2H3,(H,25,27). The average Bonchev–Trinajstić information content (AvgIpc) is 3.36. The maximum absolute atomic E-state index is 13.9. The zero-order chi connectivity index (χ0) is 19.0. The second-order valence-corrected chi connectivity index (χ2v) is 9.23. The summed E-state index contributed by atoms with van der Waals surface area (Å²) in [5.41, 5.74) is 0. The molecule has 7 heteroatoms. The first kappa shape index (κ1) is 19.6. The molecule has 1 aliphatic carbocycles. The van der Waals surface area contributed by atoms with Gasteiger partial charge in [-0.25, -0.2) is 4.39 Å². The lowest BCUT2D eigenvalue weighted by molar-refractivity contribution is -0.126. The molecule has 0 aromatic carbocycles. The van der Waals surface area contributed by atoms with E-state index in [4.69, 9.17) is 0 Å². The Labute approximate surface area is 162 Å². The highest BCUT2D eigenvalue weighted by atomic mass is 19.1. The number of halogens is 1. The molecule has 1 saturated carbocycles. The Balaban J connectivity index is 1.37. The number of fused-ring (bicyclic) bond motifs is 1. The Bertz CT molecular complexity index is 535. The van der Waals surface area contributed by atoms with E-state index in [1.807, 2.05) is 7.05 Å². The van der Waals surface area contributed by atoms with Crippen molar-refractivity contribution in [3.8, 4) is 0 Å². The fraction of sp³-hybridized carbons (Fsp3) is 0.950. The number of hydrogen-bond donors (Lipinski definition) is 4. The first-order valence-corrected chi connectivity index (χ1v) is 10.9. The van der Waals surface area contributed by atoms with Crippen molar-refractivity contribution in [2.45, 2.75) is 63.4 Å². The van der Waals surface area contributed by atoms with Crippen LogP contribution in [0, 0.1) is 23.7 Å². The highest BCUT2D eigenvalue weighted by molar-refractivity contribution is 5.81. The van der Waals surface area contributed by atoms with Crippen LogP contribution in [0.3, 0.4) is 0 Å². The predicted octanol–water partition coefficient (Wildman–Crippen LogP) is 0.652. The minimum Gasteiger partial charge on any atom is -0.341 e. The smallest absolute Gasteiger partial charge is 0.253 e. The van der Waals surface area contributed by atoms with E-state index >= 15 is 0 Å². The molecule has 8 atom stereocenters. The van der Waals surface area contributed by atoms with Gasteiger partial charge in [-0.05, 0) is 69.4 Å². The third-order valence-electron chi connectivity index (χ3n) is 7.59. The predicted molar refractivity (Wildman–Crippen MR) is 104 cm³/mol. The van der Waals surface area contributed by atoms with Crippen LogP contribution in [0.4, 0.5) is 4.39 Å². The fourth-order valence-electron chi connectivity index (χ4n) is 6.21. The summed E-state index contributed by atoms with van der Waals surface area (Å²) in [6, 6.07) is 1.01. The van der Waals surface area contributed by atoms with Crippen molar-refractivity contribution in [1.29, 1.82) is 0 Å². The Hall–Kier alpha value is -0.760. The molecule has 3 saturated heterocycles. The number of rotatable bonds is 5. The molecule has 4 aliphatic rings. The van der Waals surface area contributed by atoms with E-state index in [1.165, 1.54) is 12.8 Å². The van der Waals surface area contributed by atoms with E-state index in [1.54, 1.807) is 0 Å². The molecule has 0 aromatic rings. The molecule has 0 bridgehead atoms. The molecule has 0 spiro atoms. The molecule has 154 valence electrons. The number of nitrogens with zero attached hydrogens (tertiary/aromatic N) is 1. The van der Waals surface area contributed by atoms with Crippen LogP contribution in [0.15, 0.2) is 0 Å². The normalized spacial score (nSPS) is 45.1. The highest BCUT2D eigenvalue weighted by Crippen LogP contribution is 2.43. The second kappa shape index (κ2) is 8.31. The van der Waals surface area contributed by atoms with Gasteiger partial charge in [0.1, 0.15) is 12.3 Å². The van der Waals surface area contributed by atoms with Crippen LogP contribution in [0.2, 0.25) is 0 Å². The van der Waals surface area contributed by atoms with E-state index in [-0.39, 0.29) is 18.0 Å². The van der Waals surface area contributed by atoms with Crippen LogP contribution >= 0.6 is 0 Å². The van der Waals surface area contributed by atoms with Gasteiger partial charge in [0.15, 0.2) is 0 Å². The molecule has 6 nitrogen and oxygen atoms in total. The fourth-order valence-corrected chi connectivity index (χ4v) is 6.21. The van der Waals surface area contributed by atoms with E-state index < -0.39 is 6.17 Å². The summed E-state index contributed by atoms with van der Waals surface area (Å²) in [4.78, 5) is 14.8. The summed E-state index contributed by atoms with van der Waals surface area (Å²) in [6.07, 6.45) is 4.38. The molecule has 27 heavy (non-hydrogen) atoms. The topological polar surface area (TPSA) is 68.4 Å². The van der Waals surface area contributed by atoms with Gasteiger partial charge in [-0.2, -0.15) is 0 Å². The van der Waals surface area contributed by atoms with Gasteiger partial charge in [-0.15, -0.1) is 0 Å². The number of hydrogen-bond acceptors (Lipinski definition) is 5. The summed E-state index contributed by atoms with van der Waals surface area (Å²) >= 11 is 0. The summed E-state index contributed by atoms with van der Waals surface area (Å²) in [6.45, 7) is 5.58. The zero-order valence-electron chi connectivity index (χ0n) is 16.7. The summed E-state index contributed by atoms with van der Waals surface area (Å²) in [5, 5.41) is 13.1. The van der Waals surface area contributed by atoms with Crippen LogP contribution in [-0.4, -0.2) is 68.6 Å². The average molecular weight is 382 g/mol. The lowest BCUT2D eigenvalue weighted by atomic mass is 9.71. The molecule has 1 amide bonds. The van der Waals surface area contributed by atoms with Crippen molar-refractivity contribution in [2.75, 3.05) is 33.4 Å². The number of alkyl halides is 1. The van der Waals surface area contributed by atoms with Gasteiger partial charge in [-0.1, -0.05) is 6.92 Å². The van der Waals surface area contributed by atoms with Gasteiger partial charge in [0.25, 0.3) is 5.91 Å².